The number of benzene rings is 1. The van der Waals surface area contributed by atoms with Crippen molar-refractivity contribution in [3.63, 3.8) is 0 Å². The number of amides is 1. The summed E-state index contributed by atoms with van der Waals surface area (Å²) in [4.78, 5) is 28.0. The molecule has 4 heterocycles. The Morgan fingerprint density at radius 2 is 1.93 bits per heavy atom. The van der Waals surface area contributed by atoms with Gasteiger partial charge in [-0.3, -0.25) is 4.79 Å². The van der Waals surface area contributed by atoms with Gasteiger partial charge < -0.3 is 9.73 Å². The molecule has 5 rings (SSSR count). The molecule has 0 bridgehead atoms. The van der Waals surface area contributed by atoms with Crippen molar-refractivity contribution >= 4 is 54.7 Å². The summed E-state index contributed by atoms with van der Waals surface area (Å²) in [6.07, 6.45) is 1.60. The number of aromatic nitrogens is 3. The van der Waals surface area contributed by atoms with Gasteiger partial charge in [0.05, 0.1) is 32.1 Å². The van der Waals surface area contributed by atoms with Crippen LogP contribution in [0.4, 0.5) is 5.69 Å². The third-order valence-electron chi connectivity index (χ3n) is 4.67. The highest BCUT2D eigenvalue weighted by molar-refractivity contribution is 7.20. The summed E-state index contributed by atoms with van der Waals surface area (Å²) >= 11 is 2.98. The Hall–Kier alpha value is -3.10. The third kappa shape index (κ3) is 3.10. The number of carbonyl (C=O) groups is 1. The van der Waals surface area contributed by atoms with Gasteiger partial charge in [0.2, 0.25) is 0 Å². The van der Waals surface area contributed by atoms with Crippen LogP contribution in [0.1, 0.15) is 25.9 Å². The van der Waals surface area contributed by atoms with Crippen LogP contribution in [0.3, 0.4) is 0 Å². The third-order valence-corrected chi connectivity index (χ3v) is 6.79. The molecule has 29 heavy (non-hydrogen) atoms. The van der Waals surface area contributed by atoms with Crippen molar-refractivity contribution in [1.29, 1.82) is 0 Å². The lowest BCUT2D eigenvalue weighted by molar-refractivity contribution is 0.103. The first-order valence-electron chi connectivity index (χ1n) is 9.00. The van der Waals surface area contributed by atoms with Gasteiger partial charge in [-0.1, -0.05) is 0 Å². The molecule has 0 saturated carbocycles. The van der Waals surface area contributed by atoms with E-state index in [1.807, 2.05) is 45.0 Å². The SMILES string of the molecule is Cc1nc2ccc(NC(=O)c3sc4nc(-c5ccco5)nc(C)c4c3C)cc2s1. The van der Waals surface area contributed by atoms with Crippen LogP contribution in [-0.2, 0) is 0 Å². The number of anilines is 1. The zero-order valence-electron chi connectivity index (χ0n) is 15.9. The zero-order chi connectivity index (χ0) is 20.1. The highest BCUT2D eigenvalue weighted by Gasteiger charge is 2.20. The second-order valence-electron chi connectivity index (χ2n) is 6.72. The lowest BCUT2D eigenvalue weighted by atomic mass is 10.1. The minimum absolute atomic E-state index is 0.148. The number of thiazole rings is 1. The van der Waals surface area contributed by atoms with E-state index in [0.717, 1.165) is 42.4 Å². The van der Waals surface area contributed by atoms with Gasteiger partial charge in [0.25, 0.3) is 5.91 Å². The number of fused-ring (bicyclic) bond motifs is 2. The molecule has 0 radical (unpaired) electrons. The second-order valence-corrected chi connectivity index (χ2v) is 8.95. The first kappa shape index (κ1) is 18.0. The molecule has 0 aliphatic carbocycles. The summed E-state index contributed by atoms with van der Waals surface area (Å²) in [6.45, 7) is 5.84. The van der Waals surface area contributed by atoms with Crippen LogP contribution in [0.25, 0.3) is 32.0 Å². The topological polar surface area (TPSA) is 80.9 Å². The first-order valence-corrected chi connectivity index (χ1v) is 10.6. The fourth-order valence-electron chi connectivity index (χ4n) is 3.38. The number of thiophene rings is 1. The summed E-state index contributed by atoms with van der Waals surface area (Å²) in [5.41, 5.74) is 3.42. The van der Waals surface area contributed by atoms with Crippen molar-refractivity contribution in [3.05, 3.63) is 57.7 Å². The van der Waals surface area contributed by atoms with E-state index in [2.05, 4.69) is 20.3 Å². The molecule has 4 aromatic heterocycles. The van der Waals surface area contributed by atoms with E-state index >= 15 is 0 Å². The Morgan fingerprint density at radius 3 is 2.72 bits per heavy atom. The van der Waals surface area contributed by atoms with Gasteiger partial charge >= 0.3 is 0 Å². The van der Waals surface area contributed by atoms with Crippen LogP contribution < -0.4 is 5.32 Å². The van der Waals surface area contributed by atoms with Crippen molar-refractivity contribution in [3.8, 4) is 11.6 Å². The highest BCUT2D eigenvalue weighted by Crippen LogP contribution is 2.34. The van der Waals surface area contributed by atoms with Crippen molar-refractivity contribution < 1.29 is 9.21 Å². The fraction of sp³-hybridized carbons (Fsp3) is 0.143. The number of rotatable bonds is 3. The second kappa shape index (κ2) is 6.75. The first-order chi connectivity index (χ1) is 14.0. The highest BCUT2D eigenvalue weighted by atomic mass is 32.1. The Morgan fingerprint density at radius 1 is 1.07 bits per heavy atom. The van der Waals surface area contributed by atoms with Gasteiger partial charge in [-0.15, -0.1) is 22.7 Å². The summed E-state index contributed by atoms with van der Waals surface area (Å²) in [7, 11) is 0. The number of nitrogens with one attached hydrogen (secondary N) is 1. The van der Waals surface area contributed by atoms with Gasteiger partial charge in [0.15, 0.2) is 11.6 Å². The predicted octanol–water partition coefficient (Wildman–Crippen LogP) is 5.74. The molecule has 6 nitrogen and oxygen atoms in total. The molecule has 1 aromatic carbocycles. The minimum Gasteiger partial charge on any atom is -0.461 e. The van der Waals surface area contributed by atoms with Crippen molar-refractivity contribution in [2.45, 2.75) is 20.8 Å². The van der Waals surface area contributed by atoms with E-state index in [-0.39, 0.29) is 5.91 Å². The molecular weight excluding hydrogens is 404 g/mol. The monoisotopic (exact) mass is 420 g/mol. The molecular formula is C21H16N4O2S2. The van der Waals surface area contributed by atoms with E-state index in [1.165, 1.54) is 11.3 Å². The number of hydrogen-bond donors (Lipinski definition) is 1. The van der Waals surface area contributed by atoms with E-state index in [0.29, 0.717) is 16.5 Å². The quantitative estimate of drug-likeness (QED) is 0.403. The van der Waals surface area contributed by atoms with Crippen LogP contribution >= 0.6 is 22.7 Å². The average Bonchev–Trinajstić information content (AvgIpc) is 3.39. The van der Waals surface area contributed by atoms with Gasteiger partial charge in [-0.05, 0) is 56.7 Å². The summed E-state index contributed by atoms with van der Waals surface area (Å²) < 4.78 is 6.47. The normalized spacial score (nSPS) is 11.4. The number of carbonyl (C=O) groups excluding carboxylic acids is 1. The maximum atomic E-state index is 13.0. The van der Waals surface area contributed by atoms with E-state index < -0.39 is 0 Å². The van der Waals surface area contributed by atoms with Crippen LogP contribution in [-0.4, -0.2) is 20.9 Å². The Labute approximate surface area is 174 Å². The summed E-state index contributed by atoms with van der Waals surface area (Å²) in [6, 6.07) is 9.39. The van der Waals surface area contributed by atoms with Crippen LogP contribution in [0.15, 0.2) is 41.0 Å². The number of nitrogens with zero attached hydrogens (tertiary/aromatic N) is 3. The van der Waals surface area contributed by atoms with Crippen molar-refractivity contribution in [2.24, 2.45) is 0 Å². The number of aryl methyl sites for hydroxylation is 3. The zero-order valence-corrected chi connectivity index (χ0v) is 17.6. The van der Waals surface area contributed by atoms with Crippen molar-refractivity contribution in [1.82, 2.24) is 15.0 Å². The molecule has 0 unspecified atom stereocenters. The standard InChI is InChI=1S/C21H16N4O2S2/c1-10-17-11(2)22-19(15-5-4-8-27-15)25-21(17)29-18(10)20(26)24-13-6-7-14-16(9-13)28-12(3)23-14/h4-9H,1-3H3,(H,24,26). The fourth-order valence-corrected chi connectivity index (χ4v) is 5.37. The van der Waals surface area contributed by atoms with Gasteiger partial charge in [0, 0.05) is 11.1 Å². The molecule has 1 amide bonds. The molecule has 0 spiro atoms. The summed E-state index contributed by atoms with van der Waals surface area (Å²) in [5, 5.41) is 4.93. The van der Waals surface area contributed by atoms with E-state index in [4.69, 9.17) is 4.42 Å². The van der Waals surface area contributed by atoms with Crippen LogP contribution in [0.2, 0.25) is 0 Å². The Bertz CT molecular complexity index is 1380. The van der Waals surface area contributed by atoms with Gasteiger partial charge in [-0.2, -0.15) is 0 Å². The molecule has 8 heteroatoms. The van der Waals surface area contributed by atoms with Crippen LogP contribution in [0, 0.1) is 20.8 Å². The molecule has 0 atom stereocenters. The number of furan rings is 1. The molecule has 144 valence electrons. The van der Waals surface area contributed by atoms with Gasteiger partial charge in [-0.25, -0.2) is 15.0 Å². The lowest BCUT2D eigenvalue weighted by Gasteiger charge is -2.04. The Balaban J connectivity index is 1.52. The largest absolute Gasteiger partial charge is 0.461 e. The van der Waals surface area contributed by atoms with Crippen LogP contribution in [0.5, 0.6) is 0 Å². The smallest absolute Gasteiger partial charge is 0.266 e. The molecule has 0 fully saturated rings. The number of hydrogen-bond acceptors (Lipinski definition) is 7. The molecule has 0 saturated heterocycles. The minimum atomic E-state index is -0.148. The van der Waals surface area contributed by atoms with E-state index in [9.17, 15) is 4.79 Å². The van der Waals surface area contributed by atoms with E-state index in [1.54, 1.807) is 23.7 Å². The maximum absolute atomic E-state index is 13.0. The average molecular weight is 421 g/mol. The molecule has 5 aromatic rings. The van der Waals surface area contributed by atoms with Crippen molar-refractivity contribution in [2.75, 3.05) is 5.32 Å². The maximum Gasteiger partial charge on any atom is 0.266 e. The van der Waals surface area contributed by atoms with Gasteiger partial charge in [0.1, 0.15) is 4.83 Å². The molecule has 0 aliphatic heterocycles. The summed E-state index contributed by atoms with van der Waals surface area (Å²) in [5.74, 6) is 0.990. The predicted molar refractivity (Wildman–Crippen MR) is 117 cm³/mol. The lowest BCUT2D eigenvalue weighted by Crippen LogP contribution is -2.11. The molecule has 0 aliphatic rings. The Kier molecular flexibility index (Phi) is 4.18. The molecule has 1 N–H and O–H groups in total.